The van der Waals surface area contributed by atoms with Gasteiger partial charge in [0.05, 0.1) is 0 Å². The number of amides is 1. The van der Waals surface area contributed by atoms with E-state index in [1.165, 1.54) is 5.56 Å². The van der Waals surface area contributed by atoms with Gasteiger partial charge in [-0.05, 0) is 37.6 Å². The highest BCUT2D eigenvalue weighted by Gasteiger charge is 2.06. The first-order chi connectivity index (χ1) is 8.50. The Labute approximate surface area is 114 Å². The van der Waals surface area contributed by atoms with Gasteiger partial charge in [0.15, 0.2) is 0 Å². The molecule has 18 heavy (non-hydrogen) atoms. The van der Waals surface area contributed by atoms with E-state index in [2.05, 4.69) is 18.3 Å². The van der Waals surface area contributed by atoms with E-state index in [9.17, 15) is 4.79 Å². The second-order valence-corrected chi connectivity index (χ2v) is 5.06. The summed E-state index contributed by atoms with van der Waals surface area (Å²) < 4.78 is 0. The zero-order chi connectivity index (χ0) is 13.5. The predicted octanol–water partition coefficient (Wildman–Crippen LogP) is 2.86. The molecule has 0 heterocycles. The monoisotopic (exact) mass is 268 g/mol. The lowest BCUT2D eigenvalue weighted by Crippen LogP contribution is -2.24. The van der Waals surface area contributed by atoms with Crippen LogP contribution >= 0.6 is 11.6 Å². The minimum absolute atomic E-state index is 0.173. The first kappa shape index (κ1) is 15.0. The van der Waals surface area contributed by atoms with Gasteiger partial charge >= 0.3 is 0 Å². The Kier molecular flexibility index (Phi) is 6.16. The molecule has 1 atom stereocenters. The van der Waals surface area contributed by atoms with Crippen LogP contribution in [0.2, 0.25) is 5.02 Å². The minimum Gasteiger partial charge on any atom is -0.349 e. The van der Waals surface area contributed by atoms with Crippen LogP contribution in [-0.4, -0.2) is 31.4 Å². The first-order valence-corrected chi connectivity index (χ1v) is 6.57. The molecule has 1 amide bonds. The minimum atomic E-state index is 0.173. The van der Waals surface area contributed by atoms with Crippen LogP contribution in [0.1, 0.15) is 31.4 Å². The summed E-state index contributed by atoms with van der Waals surface area (Å²) in [5, 5.41) is 4.14. The van der Waals surface area contributed by atoms with Crippen LogP contribution in [0.25, 0.3) is 0 Å². The van der Waals surface area contributed by atoms with Crippen LogP contribution in [0.5, 0.6) is 0 Å². The number of nitrogens with zero attached hydrogens (tertiary/aromatic N) is 1. The van der Waals surface area contributed by atoms with E-state index < -0.39 is 0 Å². The number of nitrogens with one attached hydrogen (secondary N) is 1. The summed E-state index contributed by atoms with van der Waals surface area (Å²) in [5.41, 5.74) is 1.17. The van der Waals surface area contributed by atoms with Gasteiger partial charge < -0.3 is 10.2 Å². The molecule has 100 valence electrons. The third kappa shape index (κ3) is 5.07. The number of halogens is 1. The number of hydrogen-bond acceptors (Lipinski definition) is 2. The second kappa shape index (κ2) is 7.39. The van der Waals surface area contributed by atoms with E-state index in [0.717, 1.165) is 18.0 Å². The Bertz CT molecular complexity index is 393. The van der Waals surface area contributed by atoms with E-state index in [1.54, 1.807) is 19.0 Å². The third-order valence-electron chi connectivity index (χ3n) is 2.87. The Morgan fingerprint density at radius 2 is 2.17 bits per heavy atom. The SMILES string of the molecule is CC(NCCCC(=O)N(C)C)c1cccc(Cl)c1. The molecule has 0 saturated heterocycles. The van der Waals surface area contributed by atoms with Crippen molar-refractivity contribution in [1.29, 1.82) is 0 Å². The van der Waals surface area contributed by atoms with E-state index in [1.807, 2.05) is 18.2 Å². The summed E-state index contributed by atoms with van der Waals surface area (Å²) in [6.07, 6.45) is 1.43. The van der Waals surface area contributed by atoms with E-state index >= 15 is 0 Å². The molecular weight excluding hydrogens is 248 g/mol. The summed E-state index contributed by atoms with van der Waals surface area (Å²) in [6.45, 7) is 2.92. The summed E-state index contributed by atoms with van der Waals surface area (Å²) in [6, 6.07) is 8.08. The molecule has 0 saturated carbocycles. The molecule has 0 fully saturated rings. The van der Waals surface area contributed by atoms with Crippen molar-refractivity contribution in [1.82, 2.24) is 10.2 Å². The summed E-state index contributed by atoms with van der Waals surface area (Å²) in [4.78, 5) is 13.0. The Hall–Kier alpha value is -1.06. The van der Waals surface area contributed by atoms with Crippen molar-refractivity contribution in [3.8, 4) is 0 Å². The van der Waals surface area contributed by atoms with Crippen LogP contribution in [-0.2, 0) is 4.79 Å². The van der Waals surface area contributed by atoms with Crippen LogP contribution in [0.15, 0.2) is 24.3 Å². The Morgan fingerprint density at radius 3 is 2.78 bits per heavy atom. The van der Waals surface area contributed by atoms with Crippen molar-refractivity contribution in [2.24, 2.45) is 0 Å². The van der Waals surface area contributed by atoms with Gasteiger partial charge in [-0.2, -0.15) is 0 Å². The molecule has 1 unspecified atom stereocenters. The second-order valence-electron chi connectivity index (χ2n) is 4.62. The van der Waals surface area contributed by atoms with Gasteiger partial charge in [-0.15, -0.1) is 0 Å². The van der Waals surface area contributed by atoms with Crippen molar-refractivity contribution in [3.63, 3.8) is 0 Å². The fourth-order valence-electron chi connectivity index (χ4n) is 1.68. The van der Waals surface area contributed by atoms with Crippen molar-refractivity contribution in [3.05, 3.63) is 34.9 Å². The quantitative estimate of drug-likeness (QED) is 0.805. The number of rotatable bonds is 6. The summed E-state index contributed by atoms with van der Waals surface area (Å²) in [7, 11) is 3.56. The maximum atomic E-state index is 11.4. The van der Waals surface area contributed by atoms with Crippen LogP contribution in [0.3, 0.4) is 0 Å². The molecule has 0 spiro atoms. The van der Waals surface area contributed by atoms with Gasteiger partial charge in [0, 0.05) is 31.6 Å². The number of carbonyl (C=O) groups excluding carboxylic acids is 1. The van der Waals surface area contributed by atoms with E-state index in [-0.39, 0.29) is 11.9 Å². The van der Waals surface area contributed by atoms with Crippen molar-refractivity contribution in [2.45, 2.75) is 25.8 Å². The molecule has 0 aliphatic heterocycles. The van der Waals surface area contributed by atoms with Crippen molar-refractivity contribution >= 4 is 17.5 Å². The summed E-state index contributed by atoms with van der Waals surface area (Å²) in [5.74, 6) is 0.173. The number of hydrogen-bond donors (Lipinski definition) is 1. The van der Waals surface area contributed by atoms with Gasteiger partial charge in [-0.3, -0.25) is 4.79 Å². The fraction of sp³-hybridized carbons (Fsp3) is 0.500. The van der Waals surface area contributed by atoms with Crippen LogP contribution in [0.4, 0.5) is 0 Å². The maximum Gasteiger partial charge on any atom is 0.222 e. The highest BCUT2D eigenvalue weighted by Crippen LogP contribution is 2.17. The largest absolute Gasteiger partial charge is 0.349 e. The molecule has 0 aliphatic carbocycles. The lowest BCUT2D eigenvalue weighted by Gasteiger charge is -2.15. The van der Waals surface area contributed by atoms with Gasteiger partial charge in [0.1, 0.15) is 0 Å². The predicted molar refractivity (Wildman–Crippen MR) is 75.8 cm³/mol. The molecule has 1 aromatic rings. The smallest absolute Gasteiger partial charge is 0.222 e. The average molecular weight is 269 g/mol. The molecular formula is C14H21ClN2O. The fourth-order valence-corrected chi connectivity index (χ4v) is 1.87. The lowest BCUT2D eigenvalue weighted by atomic mass is 10.1. The summed E-state index contributed by atoms with van der Waals surface area (Å²) >= 11 is 5.95. The molecule has 4 heteroatoms. The standard InChI is InChI=1S/C14H21ClN2O/c1-11(12-6-4-7-13(15)10-12)16-9-5-8-14(18)17(2)3/h4,6-7,10-11,16H,5,8-9H2,1-3H3. The van der Waals surface area contributed by atoms with E-state index in [4.69, 9.17) is 11.6 Å². The maximum absolute atomic E-state index is 11.4. The number of carbonyl (C=O) groups is 1. The molecule has 1 aromatic carbocycles. The van der Waals surface area contributed by atoms with Gasteiger partial charge in [-0.25, -0.2) is 0 Å². The van der Waals surface area contributed by atoms with Crippen molar-refractivity contribution < 1.29 is 4.79 Å². The van der Waals surface area contributed by atoms with Crippen LogP contribution in [0, 0.1) is 0 Å². The Morgan fingerprint density at radius 1 is 1.44 bits per heavy atom. The van der Waals surface area contributed by atoms with E-state index in [0.29, 0.717) is 6.42 Å². The van der Waals surface area contributed by atoms with Gasteiger partial charge in [0.25, 0.3) is 0 Å². The number of benzene rings is 1. The van der Waals surface area contributed by atoms with Gasteiger partial charge in [-0.1, -0.05) is 23.7 Å². The third-order valence-corrected chi connectivity index (χ3v) is 3.10. The molecule has 3 nitrogen and oxygen atoms in total. The molecule has 0 bridgehead atoms. The molecule has 0 aliphatic rings. The molecule has 0 radical (unpaired) electrons. The normalized spacial score (nSPS) is 12.2. The zero-order valence-electron chi connectivity index (χ0n) is 11.2. The van der Waals surface area contributed by atoms with Gasteiger partial charge in [0.2, 0.25) is 5.91 Å². The lowest BCUT2D eigenvalue weighted by molar-refractivity contribution is -0.128. The highest BCUT2D eigenvalue weighted by molar-refractivity contribution is 6.30. The van der Waals surface area contributed by atoms with Crippen molar-refractivity contribution in [2.75, 3.05) is 20.6 Å². The topological polar surface area (TPSA) is 32.3 Å². The molecule has 1 N–H and O–H groups in total. The average Bonchev–Trinajstić information content (AvgIpc) is 2.33. The zero-order valence-corrected chi connectivity index (χ0v) is 12.0. The Balaban J connectivity index is 2.29. The molecule has 0 aromatic heterocycles. The molecule has 1 rings (SSSR count). The van der Waals surface area contributed by atoms with Crippen LogP contribution < -0.4 is 5.32 Å². The first-order valence-electron chi connectivity index (χ1n) is 6.19. The highest BCUT2D eigenvalue weighted by atomic mass is 35.5.